The van der Waals surface area contributed by atoms with Crippen LogP contribution in [0, 0.1) is 11.8 Å². The Balaban J connectivity index is 1.45. The molecule has 1 aromatic carbocycles. The molecule has 0 radical (unpaired) electrons. The van der Waals surface area contributed by atoms with Crippen molar-refractivity contribution in [1.82, 2.24) is 0 Å². The zero-order valence-corrected chi connectivity index (χ0v) is 14.7. The summed E-state index contributed by atoms with van der Waals surface area (Å²) in [6.07, 6.45) is 9.97. The predicted octanol–water partition coefficient (Wildman–Crippen LogP) is 5.80. The molecular weight excluding hydrogens is 303 g/mol. The van der Waals surface area contributed by atoms with E-state index in [0.717, 1.165) is 5.92 Å². The Hall–Kier alpha value is -1.38. The molecule has 2 atom stereocenters. The van der Waals surface area contributed by atoms with Crippen molar-refractivity contribution in [3.63, 3.8) is 0 Å². The van der Waals surface area contributed by atoms with Crippen LogP contribution in [0.25, 0.3) is 0 Å². The van der Waals surface area contributed by atoms with Gasteiger partial charge in [-0.25, -0.2) is 4.39 Å². The summed E-state index contributed by atoms with van der Waals surface area (Å²) in [5.74, 6) is 1.13. The zero-order valence-electron chi connectivity index (χ0n) is 14.7. The summed E-state index contributed by atoms with van der Waals surface area (Å²) >= 11 is 0. The van der Waals surface area contributed by atoms with Gasteiger partial charge in [0.15, 0.2) is 0 Å². The zero-order chi connectivity index (χ0) is 16.9. The summed E-state index contributed by atoms with van der Waals surface area (Å²) in [5.41, 5.74) is 1.34. The molecule has 0 saturated heterocycles. The van der Waals surface area contributed by atoms with Crippen molar-refractivity contribution in [2.75, 3.05) is 0 Å². The SMILES string of the molecule is CCCCCC1CCC(c2ccc(OC(=O)[C@H]3C[C@H]3F)cc2)CC1. The minimum absolute atomic E-state index is 0.318. The van der Waals surface area contributed by atoms with Crippen LogP contribution in [0.3, 0.4) is 0 Å². The number of hydrogen-bond acceptors (Lipinski definition) is 2. The standard InChI is InChI=1S/C21H29FO2/c1-2-3-4-5-15-6-8-16(9-7-15)17-10-12-18(13-11-17)24-21(23)19-14-20(19)22/h10-13,15-16,19-20H,2-9,14H2,1H3/t15?,16?,19-,20+/m0/s1. The molecule has 2 fully saturated rings. The van der Waals surface area contributed by atoms with Crippen LogP contribution < -0.4 is 4.74 Å². The Morgan fingerprint density at radius 3 is 2.38 bits per heavy atom. The Bertz CT molecular complexity index is 531. The van der Waals surface area contributed by atoms with Crippen molar-refractivity contribution in [2.45, 2.75) is 76.8 Å². The average Bonchev–Trinajstić information content (AvgIpc) is 3.34. The molecule has 0 aromatic heterocycles. The molecule has 2 aliphatic carbocycles. The Morgan fingerprint density at radius 2 is 1.79 bits per heavy atom. The number of carbonyl (C=O) groups excluding carboxylic acids is 1. The highest BCUT2D eigenvalue weighted by Crippen LogP contribution is 2.38. The summed E-state index contributed by atoms with van der Waals surface area (Å²) in [7, 11) is 0. The lowest BCUT2D eigenvalue weighted by molar-refractivity contribution is -0.136. The first-order valence-electron chi connectivity index (χ1n) is 9.63. The van der Waals surface area contributed by atoms with E-state index in [4.69, 9.17) is 4.74 Å². The molecule has 132 valence electrons. The number of benzene rings is 1. The minimum Gasteiger partial charge on any atom is -0.426 e. The van der Waals surface area contributed by atoms with E-state index in [9.17, 15) is 9.18 Å². The Labute approximate surface area is 144 Å². The number of halogens is 1. The van der Waals surface area contributed by atoms with Gasteiger partial charge in [0.05, 0.1) is 5.92 Å². The van der Waals surface area contributed by atoms with Crippen molar-refractivity contribution < 1.29 is 13.9 Å². The maximum absolute atomic E-state index is 12.9. The van der Waals surface area contributed by atoms with Crippen LogP contribution >= 0.6 is 0 Å². The number of carbonyl (C=O) groups is 1. The number of esters is 1. The van der Waals surface area contributed by atoms with E-state index in [1.807, 2.05) is 12.1 Å². The average molecular weight is 332 g/mol. The monoisotopic (exact) mass is 332 g/mol. The fraction of sp³-hybridized carbons (Fsp3) is 0.667. The molecular formula is C21H29FO2. The summed E-state index contributed by atoms with van der Waals surface area (Å²) in [5, 5.41) is 0. The summed E-state index contributed by atoms with van der Waals surface area (Å²) in [4.78, 5) is 11.7. The van der Waals surface area contributed by atoms with Crippen molar-refractivity contribution in [3.8, 4) is 5.75 Å². The van der Waals surface area contributed by atoms with Gasteiger partial charge in [-0.2, -0.15) is 0 Å². The highest BCUT2D eigenvalue weighted by atomic mass is 19.1. The third-order valence-electron chi connectivity index (χ3n) is 5.65. The topological polar surface area (TPSA) is 26.3 Å². The van der Waals surface area contributed by atoms with Crippen LogP contribution in [-0.4, -0.2) is 12.1 Å². The van der Waals surface area contributed by atoms with E-state index in [2.05, 4.69) is 19.1 Å². The quantitative estimate of drug-likeness (QED) is 0.358. The molecule has 3 heteroatoms. The normalized spacial score (nSPS) is 29.2. The third kappa shape index (κ3) is 4.58. The molecule has 3 rings (SSSR count). The molecule has 0 unspecified atom stereocenters. The fourth-order valence-corrected chi connectivity index (χ4v) is 3.88. The van der Waals surface area contributed by atoms with E-state index in [-0.39, 0.29) is 0 Å². The molecule has 0 aliphatic heterocycles. The molecule has 2 aliphatic rings. The third-order valence-corrected chi connectivity index (χ3v) is 5.65. The number of unbranched alkanes of at least 4 members (excludes halogenated alkanes) is 2. The van der Waals surface area contributed by atoms with Gasteiger partial charge in [-0.1, -0.05) is 44.7 Å². The lowest BCUT2D eigenvalue weighted by Crippen LogP contribution is -2.14. The lowest BCUT2D eigenvalue weighted by Gasteiger charge is -2.29. The van der Waals surface area contributed by atoms with Gasteiger partial charge in [0, 0.05) is 0 Å². The molecule has 1 aromatic rings. The minimum atomic E-state index is -0.996. The summed E-state index contributed by atoms with van der Waals surface area (Å²) < 4.78 is 18.1. The van der Waals surface area contributed by atoms with E-state index < -0.39 is 18.1 Å². The molecule has 0 spiro atoms. The van der Waals surface area contributed by atoms with Gasteiger partial charge in [-0.15, -0.1) is 0 Å². The van der Waals surface area contributed by atoms with Crippen LogP contribution in [0.2, 0.25) is 0 Å². The molecule has 2 nitrogen and oxygen atoms in total. The maximum atomic E-state index is 12.9. The lowest BCUT2D eigenvalue weighted by atomic mass is 9.77. The van der Waals surface area contributed by atoms with E-state index in [1.54, 1.807) is 0 Å². The number of ether oxygens (including phenoxy) is 1. The van der Waals surface area contributed by atoms with E-state index >= 15 is 0 Å². The molecule has 0 heterocycles. The van der Waals surface area contributed by atoms with Crippen LogP contribution in [0.5, 0.6) is 5.75 Å². The smallest absolute Gasteiger partial charge is 0.317 e. The predicted molar refractivity (Wildman–Crippen MR) is 93.9 cm³/mol. The van der Waals surface area contributed by atoms with Gasteiger partial charge in [0.25, 0.3) is 0 Å². The maximum Gasteiger partial charge on any atom is 0.317 e. The first kappa shape index (κ1) is 17.4. The second kappa shape index (κ2) is 8.13. The van der Waals surface area contributed by atoms with Crippen LogP contribution in [0.4, 0.5) is 4.39 Å². The number of alkyl halides is 1. The first-order chi connectivity index (χ1) is 11.7. The van der Waals surface area contributed by atoms with Crippen molar-refractivity contribution in [1.29, 1.82) is 0 Å². The van der Waals surface area contributed by atoms with Gasteiger partial charge >= 0.3 is 5.97 Å². The summed E-state index contributed by atoms with van der Waals surface area (Å²) in [6, 6.07) is 7.86. The second-order valence-corrected chi connectivity index (χ2v) is 7.56. The van der Waals surface area contributed by atoms with Gasteiger partial charge in [0.2, 0.25) is 0 Å². The fourth-order valence-electron chi connectivity index (χ4n) is 3.88. The van der Waals surface area contributed by atoms with Crippen LogP contribution in [0.1, 0.15) is 76.2 Å². The van der Waals surface area contributed by atoms with Crippen molar-refractivity contribution in [3.05, 3.63) is 29.8 Å². The van der Waals surface area contributed by atoms with E-state index in [1.165, 1.54) is 56.9 Å². The first-order valence-corrected chi connectivity index (χ1v) is 9.63. The van der Waals surface area contributed by atoms with Gasteiger partial charge in [-0.05, 0) is 61.6 Å². The van der Waals surface area contributed by atoms with Crippen molar-refractivity contribution in [2.24, 2.45) is 11.8 Å². The van der Waals surface area contributed by atoms with Gasteiger partial charge in [-0.3, -0.25) is 4.79 Å². The highest BCUT2D eigenvalue weighted by molar-refractivity contribution is 5.78. The molecule has 2 saturated carbocycles. The van der Waals surface area contributed by atoms with Gasteiger partial charge in [0.1, 0.15) is 11.9 Å². The highest BCUT2D eigenvalue weighted by Gasteiger charge is 2.45. The molecule has 24 heavy (non-hydrogen) atoms. The Kier molecular flexibility index (Phi) is 5.91. The largest absolute Gasteiger partial charge is 0.426 e. The molecule has 0 amide bonds. The number of rotatable bonds is 7. The second-order valence-electron chi connectivity index (χ2n) is 7.56. The van der Waals surface area contributed by atoms with Crippen LogP contribution in [0.15, 0.2) is 24.3 Å². The Morgan fingerprint density at radius 1 is 1.12 bits per heavy atom. The number of hydrogen-bond donors (Lipinski definition) is 0. The molecule has 0 N–H and O–H groups in total. The van der Waals surface area contributed by atoms with E-state index in [0.29, 0.717) is 18.1 Å². The molecule has 0 bridgehead atoms. The summed E-state index contributed by atoms with van der Waals surface area (Å²) in [6.45, 7) is 2.26. The van der Waals surface area contributed by atoms with Crippen molar-refractivity contribution >= 4 is 5.97 Å². The van der Waals surface area contributed by atoms with Gasteiger partial charge < -0.3 is 4.74 Å². The van der Waals surface area contributed by atoms with Crippen LogP contribution in [-0.2, 0) is 4.79 Å².